The van der Waals surface area contributed by atoms with E-state index >= 15 is 0 Å². The zero-order chi connectivity index (χ0) is 20.0. The molecule has 3 fully saturated rings. The van der Waals surface area contributed by atoms with E-state index in [1.807, 2.05) is 4.90 Å². The van der Waals surface area contributed by atoms with Crippen molar-refractivity contribution in [3.8, 4) is 11.4 Å². The Balaban J connectivity index is 1.36. The highest BCUT2D eigenvalue weighted by Crippen LogP contribution is 2.46. The van der Waals surface area contributed by atoms with Gasteiger partial charge in [0.05, 0.1) is 0 Å². The number of pyridine rings is 1. The molecule has 2 aliphatic carbocycles. The van der Waals surface area contributed by atoms with Gasteiger partial charge in [0.15, 0.2) is 11.5 Å². The molecule has 2 aromatic heterocycles. The molecule has 2 bridgehead atoms. The highest BCUT2D eigenvalue weighted by atomic mass is 19.4. The molecule has 0 radical (unpaired) electrons. The lowest BCUT2D eigenvalue weighted by Crippen LogP contribution is -2.52. The third kappa shape index (κ3) is 3.70. The first kappa shape index (κ1) is 18.8. The Bertz CT molecular complexity index is 864. The average molecular weight is 403 g/mol. The second kappa shape index (κ2) is 7.23. The molecule has 1 saturated heterocycles. The molecule has 3 unspecified atom stereocenters. The largest absolute Gasteiger partial charge is 0.433 e. The number of hydrogen-bond donors (Lipinski definition) is 0. The molecule has 1 aliphatic heterocycles. The monoisotopic (exact) mass is 403 g/mol. The van der Waals surface area contributed by atoms with E-state index in [2.05, 4.69) is 19.9 Å². The topological polar surface area (TPSA) is 45.2 Å². The van der Waals surface area contributed by atoms with Gasteiger partial charge in [-0.25, -0.2) is 9.97 Å². The van der Waals surface area contributed by atoms with Gasteiger partial charge < -0.3 is 4.90 Å². The molecular weight excluding hydrogens is 379 g/mol. The van der Waals surface area contributed by atoms with Gasteiger partial charge >= 0.3 is 6.18 Å². The van der Waals surface area contributed by atoms with Gasteiger partial charge in [-0.1, -0.05) is 6.42 Å². The van der Waals surface area contributed by atoms with Crippen molar-refractivity contribution in [2.75, 3.05) is 31.1 Å². The Hall–Kier alpha value is -2.22. The van der Waals surface area contributed by atoms with Crippen LogP contribution in [0.3, 0.4) is 0 Å². The van der Waals surface area contributed by atoms with E-state index in [-0.39, 0.29) is 5.82 Å². The van der Waals surface area contributed by atoms with Gasteiger partial charge in [0.1, 0.15) is 5.82 Å². The molecule has 29 heavy (non-hydrogen) atoms. The van der Waals surface area contributed by atoms with Gasteiger partial charge in [0.2, 0.25) is 0 Å². The second-order valence-electron chi connectivity index (χ2n) is 8.43. The maximum absolute atomic E-state index is 13.5. The summed E-state index contributed by atoms with van der Waals surface area (Å²) in [4.78, 5) is 16.7. The van der Waals surface area contributed by atoms with Crippen LogP contribution in [0.15, 0.2) is 30.6 Å². The predicted octanol–water partition coefficient (Wildman–Crippen LogP) is 3.87. The standard InChI is InChI=1S/C21H24F3N5/c22-21(23,24)18-13-19(27-20(26-18)15-3-5-25-6-4-15)29-9-7-28(8-10-29)17-12-14-1-2-16(17)11-14/h3-6,13-14,16-17H,1-2,7-12H2. The number of nitrogens with zero attached hydrogens (tertiary/aromatic N) is 5. The molecule has 3 atom stereocenters. The summed E-state index contributed by atoms with van der Waals surface area (Å²) in [6.07, 6.45) is 3.93. The SMILES string of the molecule is FC(F)(F)c1cc(N2CCN(C3CC4CCC3C4)CC2)nc(-c2ccncc2)n1. The van der Waals surface area contributed by atoms with Crippen LogP contribution in [0.2, 0.25) is 0 Å². The summed E-state index contributed by atoms with van der Waals surface area (Å²) in [5.74, 6) is 2.15. The summed E-state index contributed by atoms with van der Waals surface area (Å²) in [6.45, 7) is 3.14. The van der Waals surface area contributed by atoms with Gasteiger partial charge in [0, 0.05) is 56.2 Å². The van der Waals surface area contributed by atoms with Crippen molar-refractivity contribution in [3.63, 3.8) is 0 Å². The van der Waals surface area contributed by atoms with Crippen LogP contribution < -0.4 is 4.90 Å². The van der Waals surface area contributed by atoms with Crippen molar-refractivity contribution < 1.29 is 13.2 Å². The minimum atomic E-state index is -4.51. The van der Waals surface area contributed by atoms with Crippen molar-refractivity contribution >= 4 is 5.82 Å². The van der Waals surface area contributed by atoms with E-state index in [9.17, 15) is 13.2 Å². The zero-order valence-electron chi connectivity index (χ0n) is 16.1. The Morgan fingerprint density at radius 1 is 0.931 bits per heavy atom. The number of aromatic nitrogens is 3. The number of halogens is 3. The molecule has 3 aliphatic rings. The quantitative estimate of drug-likeness (QED) is 0.779. The smallest absolute Gasteiger partial charge is 0.354 e. The fourth-order valence-electron chi connectivity index (χ4n) is 5.31. The van der Waals surface area contributed by atoms with Gasteiger partial charge in [-0.05, 0) is 43.2 Å². The lowest BCUT2D eigenvalue weighted by atomic mass is 9.93. The number of alkyl halides is 3. The van der Waals surface area contributed by atoms with Crippen LogP contribution in [0.1, 0.15) is 31.4 Å². The van der Waals surface area contributed by atoms with Crippen LogP contribution >= 0.6 is 0 Å². The molecule has 2 aromatic rings. The van der Waals surface area contributed by atoms with Crippen LogP contribution in [0, 0.1) is 11.8 Å². The highest BCUT2D eigenvalue weighted by molar-refractivity contribution is 5.57. The molecule has 0 aromatic carbocycles. The fourth-order valence-corrected chi connectivity index (χ4v) is 5.31. The van der Waals surface area contributed by atoms with E-state index in [0.29, 0.717) is 30.5 Å². The summed E-state index contributed by atoms with van der Waals surface area (Å²) in [5, 5.41) is 0. The Morgan fingerprint density at radius 3 is 2.31 bits per heavy atom. The van der Waals surface area contributed by atoms with Crippen molar-refractivity contribution in [3.05, 3.63) is 36.3 Å². The molecule has 0 spiro atoms. The molecule has 8 heteroatoms. The van der Waals surface area contributed by atoms with Gasteiger partial charge in [-0.15, -0.1) is 0 Å². The second-order valence-corrected chi connectivity index (χ2v) is 8.43. The Labute approximate surface area is 168 Å². The van der Waals surface area contributed by atoms with Gasteiger partial charge in [-0.3, -0.25) is 9.88 Å². The minimum absolute atomic E-state index is 0.0905. The summed E-state index contributed by atoms with van der Waals surface area (Å²) >= 11 is 0. The van der Waals surface area contributed by atoms with Crippen LogP contribution in [0.5, 0.6) is 0 Å². The predicted molar refractivity (Wildman–Crippen MR) is 103 cm³/mol. The summed E-state index contributed by atoms with van der Waals surface area (Å²) in [7, 11) is 0. The van der Waals surface area contributed by atoms with Crippen LogP contribution in [0.4, 0.5) is 19.0 Å². The first-order chi connectivity index (χ1) is 14.0. The third-order valence-corrected chi connectivity index (χ3v) is 6.75. The summed E-state index contributed by atoms with van der Waals surface area (Å²) in [6, 6.07) is 5.01. The zero-order valence-corrected chi connectivity index (χ0v) is 16.1. The number of rotatable bonds is 3. The molecule has 2 saturated carbocycles. The van der Waals surface area contributed by atoms with E-state index < -0.39 is 11.9 Å². The van der Waals surface area contributed by atoms with E-state index in [1.54, 1.807) is 12.1 Å². The molecule has 154 valence electrons. The van der Waals surface area contributed by atoms with Crippen molar-refractivity contribution in [1.82, 2.24) is 19.9 Å². The number of hydrogen-bond acceptors (Lipinski definition) is 5. The van der Waals surface area contributed by atoms with E-state index in [4.69, 9.17) is 0 Å². The first-order valence-corrected chi connectivity index (χ1v) is 10.3. The van der Waals surface area contributed by atoms with Crippen molar-refractivity contribution in [1.29, 1.82) is 0 Å². The Kier molecular flexibility index (Phi) is 4.69. The van der Waals surface area contributed by atoms with Crippen LogP contribution in [0.25, 0.3) is 11.4 Å². The maximum Gasteiger partial charge on any atom is 0.433 e. The first-order valence-electron chi connectivity index (χ1n) is 10.3. The minimum Gasteiger partial charge on any atom is -0.354 e. The normalized spacial score (nSPS) is 27.6. The third-order valence-electron chi connectivity index (χ3n) is 6.75. The molecule has 3 heterocycles. The van der Waals surface area contributed by atoms with E-state index in [0.717, 1.165) is 31.0 Å². The van der Waals surface area contributed by atoms with Gasteiger partial charge in [0.25, 0.3) is 0 Å². The van der Waals surface area contributed by atoms with Gasteiger partial charge in [-0.2, -0.15) is 13.2 Å². The lowest BCUT2D eigenvalue weighted by Gasteiger charge is -2.41. The van der Waals surface area contributed by atoms with Crippen LogP contribution in [-0.4, -0.2) is 52.1 Å². The summed E-state index contributed by atoms with van der Waals surface area (Å²) < 4.78 is 40.4. The average Bonchev–Trinajstić information content (AvgIpc) is 3.37. The number of anilines is 1. The lowest BCUT2D eigenvalue weighted by molar-refractivity contribution is -0.141. The highest BCUT2D eigenvalue weighted by Gasteiger charge is 2.43. The number of fused-ring (bicyclic) bond motifs is 2. The Morgan fingerprint density at radius 2 is 1.69 bits per heavy atom. The van der Waals surface area contributed by atoms with Crippen molar-refractivity contribution in [2.45, 2.75) is 37.9 Å². The summed E-state index contributed by atoms with van der Waals surface area (Å²) in [5.41, 5.74) is -0.363. The van der Waals surface area contributed by atoms with E-state index in [1.165, 1.54) is 38.1 Å². The molecule has 0 amide bonds. The van der Waals surface area contributed by atoms with Crippen LogP contribution in [-0.2, 0) is 6.18 Å². The van der Waals surface area contributed by atoms with Crippen molar-refractivity contribution in [2.24, 2.45) is 11.8 Å². The maximum atomic E-state index is 13.5. The molecule has 5 rings (SSSR count). The molecule has 5 nitrogen and oxygen atoms in total. The molecular formula is C21H24F3N5. The fraction of sp³-hybridized carbons (Fsp3) is 0.571. The number of piperazine rings is 1. The molecule has 0 N–H and O–H groups in total.